The molecule has 0 spiro atoms. The van der Waals surface area contributed by atoms with Crippen molar-refractivity contribution in [3.05, 3.63) is 46.5 Å². The maximum atomic E-state index is 14.2. The van der Waals surface area contributed by atoms with Gasteiger partial charge in [0.05, 0.1) is 0 Å². The molecule has 3 fully saturated rings. The van der Waals surface area contributed by atoms with Crippen molar-refractivity contribution in [3.63, 3.8) is 0 Å². The van der Waals surface area contributed by atoms with Gasteiger partial charge >= 0.3 is 5.97 Å². The van der Waals surface area contributed by atoms with Crippen molar-refractivity contribution in [1.29, 1.82) is 0 Å². The molecule has 6 amide bonds. The van der Waals surface area contributed by atoms with Gasteiger partial charge in [-0.15, -0.1) is 0 Å². The number of ether oxygens (including phenoxy) is 1. The number of carbonyl (C=O) groups excluding carboxylic acids is 7. The minimum atomic E-state index is -1.42. The van der Waals surface area contributed by atoms with E-state index in [1.807, 2.05) is 19.1 Å². The Morgan fingerprint density at radius 3 is 2.39 bits per heavy atom. The summed E-state index contributed by atoms with van der Waals surface area (Å²) < 4.78 is 6.43. The summed E-state index contributed by atoms with van der Waals surface area (Å²) in [7, 11) is 1.46. The van der Waals surface area contributed by atoms with Gasteiger partial charge in [-0.3, -0.25) is 28.8 Å². The molecule has 3 N–H and O–H groups in total. The first-order valence-electron chi connectivity index (χ1n) is 17.7. The summed E-state index contributed by atoms with van der Waals surface area (Å²) >= 11 is 3.44. The van der Waals surface area contributed by atoms with Crippen molar-refractivity contribution in [2.45, 2.75) is 108 Å². The second kappa shape index (κ2) is 18.3. The van der Waals surface area contributed by atoms with Crippen LogP contribution in [0.2, 0.25) is 0 Å². The zero-order valence-corrected chi connectivity index (χ0v) is 31.3. The van der Waals surface area contributed by atoms with E-state index in [1.54, 1.807) is 18.2 Å². The Labute approximate surface area is 307 Å². The van der Waals surface area contributed by atoms with E-state index in [1.165, 1.54) is 41.7 Å². The molecule has 3 aliphatic rings. The zero-order chi connectivity index (χ0) is 37.2. The van der Waals surface area contributed by atoms with E-state index in [9.17, 15) is 33.6 Å². The predicted octanol–water partition coefficient (Wildman–Crippen LogP) is 1.60. The summed E-state index contributed by atoms with van der Waals surface area (Å²) in [5, 5.41) is 8.12. The number of hydrogen-bond donors (Lipinski definition) is 3. The van der Waals surface area contributed by atoms with Crippen molar-refractivity contribution in [3.8, 4) is 0 Å². The van der Waals surface area contributed by atoms with Crippen molar-refractivity contribution in [1.82, 2.24) is 30.7 Å². The van der Waals surface area contributed by atoms with E-state index in [0.717, 1.165) is 22.9 Å². The second-order valence-corrected chi connectivity index (χ2v) is 14.3. The van der Waals surface area contributed by atoms with Crippen molar-refractivity contribution < 1.29 is 38.3 Å². The maximum absolute atomic E-state index is 14.2. The van der Waals surface area contributed by atoms with E-state index in [-0.39, 0.29) is 19.5 Å². The fourth-order valence-electron chi connectivity index (χ4n) is 6.56. The van der Waals surface area contributed by atoms with Gasteiger partial charge in [-0.2, -0.15) is 0 Å². The van der Waals surface area contributed by atoms with Crippen LogP contribution in [0.1, 0.15) is 71.3 Å². The van der Waals surface area contributed by atoms with E-state index < -0.39 is 84.3 Å². The van der Waals surface area contributed by atoms with Gasteiger partial charge in [0.25, 0.3) is 0 Å². The second-order valence-electron chi connectivity index (χ2n) is 13.4. The van der Waals surface area contributed by atoms with Crippen LogP contribution in [-0.2, 0) is 44.7 Å². The van der Waals surface area contributed by atoms with Gasteiger partial charge < -0.3 is 35.4 Å². The highest BCUT2D eigenvalue weighted by atomic mass is 79.9. The maximum Gasteiger partial charge on any atom is 0.328 e. The van der Waals surface area contributed by atoms with E-state index in [0.29, 0.717) is 32.1 Å². The summed E-state index contributed by atoms with van der Waals surface area (Å²) in [6.07, 6.45) is 7.43. The van der Waals surface area contributed by atoms with Gasteiger partial charge in [0.1, 0.15) is 42.9 Å². The van der Waals surface area contributed by atoms with Crippen LogP contribution >= 0.6 is 15.9 Å². The van der Waals surface area contributed by atoms with Crippen LogP contribution in [0.4, 0.5) is 0 Å². The summed E-state index contributed by atoms with van der Waals surface area (Å²) in [4.78, 5) is 98.8. The molecule has 1 aromatic rings. The summed E-state index contributed by atoms with van der Waals surface area (Å²) in [5.74, 6) is -4.09. The number of hydrogen-bond acceptors (Lipinski definition) is 8. The monoisotopic (exact) mass is 772 g/mol. The quantitative estimate of drug-likeness (QED) is 0.193. The van der Waals surface area contributed by atoms with Gasteiger partial charge in [-0.05, 0) is 69.7 Å². The standard InChI is InChI=1S/C36H49BrN6O8/c1-5-6-7-8-16-30(44)39-26(20-24-12-9-13-25(37)19-24)32(46)40-27-21-51-36(50)29-15-11-18-43(29)33(47)22(2)38-31(45)23(3)41(4)35(49)28-14-10-17-42(28)34(27)48/h8-9,12-13,16,19,22-23,26-29H,5-7,10-11,14-15,17-18,20-21H2,1-4H3,(H,38,45)(H,39,44)(H,40,46)/t22-,23-,26-,27-,28-,29-/m0/s1. The summed E-state index contributed by atoms with van der Waals surface area (Å²) in [5.41, 5.74) is 0.738. The number of fused-ring (bicyclic) bond motifs is 2. The number of nitrogens with zero attached hydrogens (tertiary/aromatic N) is 3. The molecule has 278 valence electrons. The first-order valence-corrected chi connectivity index (χ1v) is 18.5. The smallest absolute Gasteiger partial charge is 0.328 e. The lowest BCUT2D eigenvalue weighted by Crippen LogP contribution is -2.60. The van der Waals surface area contributed by atoms with Gasteiger partial charge in [-0.1, -0.05) is 53.9 Å². The number of cyclic esters (lactones) is 1. The molecule has 14 nitrogen and oxygen atoms in total. The molecule has 3 aliphatic heterocycles. The third-order valence-electron chi connectivity index (χ3n) is 9.63. The Balaban J connectivity index is 1.65. The topological polar surface area (TPSA) is 175 Å². The normalized spacial score (nSPS) is 25.7. The summed E-state index contributed by atoms with van der Waals surface area (Å²) in [6.45, 7) is 5.00. The highest BCUT2D eigenvalue weighted by molar-refractivity contribution is 9.10. The number of amides is 6. The highest BCUT2D eigenvalue weighted by Gasteiger charge is 2.43. The number of nitrogens with one attached hydrogen (secondary N) is 3. The molecule has 0 aliphatic carbocycles. The molecule has 3 heterocycles. The lowest BCUT2D eigenvalue weighted by atomic mass is 10.0. The Morgan fingerprint density at radius 1 is 1.02 bits per heavy atom. The van der Waals surface area contributed by atoms with Crippen LogP contribution in [0.3, 0.4) is 0 Å². The molecule has 0 bridgehead atoms. The average molecular weight is 774 g/mol. The molecule has 3 saturated heterocycles. The fourth-order valence-corrected chi connectivity index (χ4v) is 7.01. The molecule has 51 heavy (non-hydrogen) atoms. The van der Waals surface area contributed by atoms with E-state index in [2.05, 4.69) is 31.9 Å². The lowest BCUT2D eigenvalue weighted by molar-refractivity contribution is -0.158. The molecular weight excluding hydrogens is 724 g/mol. The molecular formula is C36H49BrN6O8. The minimum absolute atomic E-state index is 0.0907. The number of likely N-dealkylation sites (N-methyl/N-ethyl adjacent to an activating group) is 1. The Bertz CT molecular complexity index is 1520. The molecule has 0 radical (unpaired) electrons. The van der Waals surface area contributed by atoms with Crippen LogP contribution in [0.25, 0.3) is 0 Å². The van der Waals surface area contributed by atoms with E-state index in [4.69, 9.17) is 4.74 Å². The zero-order valence-electron chi connectivity index (χ0n) is 29.7. The first-order chi connectivity index (χ1) is 24.3. The van der Waals surface area contributed by atoms with Crippen molar-refractivity contribution >= 4 is 57.3 Å². The molecule has 4 rings (SSSR count). The van der Waals surface area contributed by atoms with Crippen LogP contribution in [0.5, 0.6) is 0 Å². The Hall–Kier alpha value is -4.27. The lowest BCUT2D eigenvalue weighted by Gasteiger charge is -2.34. The molecule has 6 atom stereocenters. The number of esters is 1. The fraction of sp³-hybridized carbons (Fsp3) is 0.583. The minimum Gasteiger partial charge on any atom is -0.461 e. The number of benzene rings is 1. The van der Waals surface area contributed by atoms with Gasteiger partial charge in [0.2, 0.25) is 35.4 Å². The SMILES string of the molecule is CCCCC=CC(=O)N[C@@H](Cc1cccc(Br)c1)C(=O)N[C@H]1COC(=O)[C@@H]2CCCN2C(=O)[C@H](C)NC(=O)[C@H](C)N(C)C(=O)[C@@H]2CCCN2C1=O. The molecule has 0 saturated carbocycles. The molecule has 15 heteroatoms. The van der Waals surface area contributed by atoms with Crippen LogP contribution in [0.15, 0.2) is 40.9 Å². The van der Waals surface area contributed by atoms with Crippen LogP contribution in [0, 0.1) is 0 Å². The number of carbonyl (C=O) groups is 7. The third-order valence-corrected chi connectivity index (χ3v) is 10.1. The average Bonchev–Trinajstić information content (AvgIpc) is 3.80. The van der Waals surface area contributed by atoms with Gasteiger partial charge in [0.15, 0.2) is 0 Å². The van der Waals surface area contributed by atoms with E-state index >= 15 is 0 Å². The van der Waals surface area contributed by atoms with Crippen molar-refractivity contribution in [2.75, 3.05) is 26.7 Å². The molecule has 0 aromatic heterocycles. The largest absolute Gasteiger partial charge is 0.461 e. The first kappa shape index (κ1) is 39.5. The number of rotatable bonds is 9. The Kier molecular flexibility index (Phi) is 14.2. The summed E-state index contributed by atoms with van der Waals surface area (Å²) in [6, 6.07) is 0.908. The number of unbranched alkanes of at least 4 members (excludes halogenated alkanes) is 2. The molecule has 0 unspecified atom stereocenters. The number of halogens is 1. The highest BCUT2D eigenvalue weighted by Crippen LogP contribution is 2.23. The predicted molar refractivity (Wildman–Crippen MR) is 191 cm³/mol. The van der Waals surface area contributed by atoms with Gasteiger partial charge in [-0.25, -0.2) is 4.79 Å². The van der Waals surface area contributed by atoms with Crippen LogP contribution < -0.4 is 16.0 Å². The molecule has 1 aromatic carbocycles. The van der Waals surface area contributed by atoms with Crippen LogP contribution in [-0.4, -0.2) is 119 Å². The number of allylic oxidation sites excluding steroid dienone is 1. The van der Waals surface area contributed by atoms with Gasteiger partial charge in [0, 0.05) is 31.0 Å². The Morgan fingerprint density at radius 2 is 1.71 bits per heavy atom. The third kappa shape index (κ3) is 10.2. The van der Waals surface area contributed by atoms with Crippen molar-refractivity contribution in [2.24, 2.45) is 0 Å².